The Morgan fingerprint density at radius 3 is 2.88 bits per heavy atom. The summed E-state index contributed by atoms with van der Waals surface area (Å²) in [6, 6.07) is 0. The third-order valence-corrected chi connectivity index (χ3v) is 4.40. The maximum atomic E-state index is 11.0. The van der Waals surface area contributed by atoms with Crippen LogP contribution in [0.1, 0.15) is 40.1 Å². The lowest BCUT2D eigenvalue weighted by molar-refractivity contribution is 0.0418. The highest BCUT2D eigenvalue weighted by atomic mass is 32.1. The summed E-state index contributed by atoms with van der Waals surface area (Å²) in [4.78, 5) is 15.7. The van der Waals surface area contributed by atoms with Crippen molar-refractivity contribution in [2.24, 2.45) is 0 Å². The molecule has 1 aliphatic heterocycles. The van der Waals surface area contributed by atoms with Gasteiger partial charge in [-0.05, 0) is 19.8 Å². The van der Waals surface area contributed by atoms with Crippen LogP contribution in [0.3, 0.4) is 0 Å². The minimum Gasteiger partial charge on any atom is -0.477 e. The number of aromatic carboxylic acids is 1. The predicted octanol–water partition coefficient (Wildman–Crippen LogP) is 2.22. The van der Waals surface area contributed by atoms with Crippen molar-refractivity contribution >= 4 is 17.3 Å². The lowest BCUT2D eigenvalue weighted by Crippen LogP contribution is -2.32. The topological polar surface area (TPSA) is 59.4 Å². The van der Waals surface area contributed by atoms with Gasteiger partial charge in [-0.3, -0.25) is 0 Å². The van der Waals surface area contributed by atoms with Gasteiger partial charge < -0.3 is 9.84 Å². The van der Waals surface area contributed by atoms with Crippen LogP contribution in [0.25, 0.3) is 0 Å². The standard InChI is InChI=1S/C11H15NO3S/c1-7-8(9(13)14)16-10(12-7)11(2)4-3-5-15-6-11/h3-6H2,1-2H3,(H,13,14). The molecule has 1 aliphatic rings. The summed E-state index contributed by atoms with van der Waals surface area (Å²) in [7, 11) is 0. The highest BCUT2D eigenvalue weighted by Gasteiger charge is 2.34. The van der Waals surface area contributed by atoms with Gasteiger partial charge >= 0.3 is 5.97 Å². The second-order valence-corrected chi connectivity index (χ2v) is 5.45. The summed E-state index contributed by atoms with van der Waals surface area (Å²) in [5, 5.41) is 9.89. The number of aryl methyl sites for hydroxylation is 1. The second kappa shape index (κ2) is 4.14. The number of thiazole rings is 1. The van der Waals surface area contributed by atoms with E-state index in [0.717, 1.165) is 24.5 Å². The van der Waals surface area contributed by atoms with E-state index in [-0.39, 0.29) is 5.41 Å². The van der Waals surface area contributed by atoms with Crippen LogP contribution in [0.4, 0.5) is 0 Å². The predicted molar refractivity (Wildman–Crippen MR) is 61.2 cm³/mol. The molecular formula is C11H15NO3S. The van der Waals surface area contributed by atoms with Crippen LogP contribution in [-0.2, 0) is 10.2 Å². The van der Waals surface area contributed by atoms with E-state index in [1.165, 1.54) is 11.3 Å². The molecule has 2 rings (SSSR count). The largest absolute Gasteiger partial charge is 0.477 e. The van der Waals surface area contributed by atoms with Gasteiger partial charge in [0.1, 0.15) is 9.88 Å². The number of carboxylic acids is 1. The van der Waals surface area contributed by atoms with E-state index in [9.17, 15) is 4.79 Å². The number of carbonyl (C=O) groups is 1. The second-order valence-electron chi connectivity index (χ2n) is 4.46. The Balaban J connectivity index is 2.33. The highest BCUT2D eigenvalue weighted by Crippen LogP contribution is 2.36. The van der Waals surface area contributed by atoms with Gasteiger partial charge in [0.05, 0.1) is 12.3 Å². The summed E-state index contributed by atoms with van der Waals surface area (Å²) in [5.74, 6) is -0.887. The van der Waals surface area contributed by atoms with E-state index in [4.69, 9.17) is 9.84 Å². The van der Waals surface area contributed by atoms with Gasteiger partial charge in [-0.15, -0.1) is 11.3 Å². The molecule has 1 fully saturated rings. The molecule has 16 heavy (non-hydrogen) atoms. The Morgan fingerprint density at radius 2 is 2.38 bits per heavy atom. The monoisotopic (exact) mass is 241 g/mol. The Labute approximate surface area is 98.3 Å². The molecule has 1 aromatic heterocycles. The molecule has 0 spiro atoms. The minimum absolute atomic E-state index is 0.110. The molecule has 1 aromatic rings. The molecule has 1 N–H and O–H groups in total. The number of ether oxygens (including phenoxy) is 1. The first-order valence-corrected chi connectivity index (χ1v) is 6.13. The van der Waals surface area contributed by atoms with Gasteiger partial charge in [-0.2, -0.15) is 0 Å². The SMILES string of the molecule is Cc1nc(C2(C)CCCOC2)sc1C(=O)O. The number of hydrogen-bond donors (Lipinski definition) is 1. The van der Waals surface area contributed by atoms with Crippen molar-refractivity contribution in [1.82, 2.24) is 4.98 Å². The zero-order valence-corrected chi connectivity index (χ0v) is 10.3. The highest BCUT2D eigenvalue weighted by molar-refractivity contribution is 7.13. The zero-order valence-electron chi connectivity index (χ0n) is 9.45. The van der Waals surface area contributed by atoms with Gasteiger partial charge in [0.15, 0.2) is 0 Å². The summed E-state index contributed by atoms with van der Waals surface area (Å²) in [6.45, 7) is 5.28. The van der Waals surface area contributed by atoms with Gasteiger partial charge in [0.25, 0.3) is 0 Å². The van der Waals surface area contributed by atoms with Crippen molar-refractivity contribution in [3.05, 3.63) is 15.6 Å². The molecule has 4 nitrogen and oxygen atoms in total. The zero-order chi connectivity index (χ0) is 11.8. The van der Waals surface area contributed by atoms with Crippen molar-refractivity contribution < 1.29 is 14.6 Å². The van der Waals surface area contributed by atoms with Crippen molar-refractivity contribution in [1.29, 1.82) is 0 Å². The maximum absolute atomic E-state index is 11.0. The van der Waals surface area contributed by atoms with Crippen molar-refractivity contribution in [2.75, 3.05) is 13.2 Å². The van der Waals surface area contributed by atoms with Crippen LogP contribution in [0, 0.1) is 6.92 Å². The molecule has 5 heteroatoms. The first-order valence-electron chi connectivity index (χ1n) is 5.32. The minimum atomic E-state index is -0.887. The first-order chi connectivity index (χ1) is 7.53. The van der Waals surface area contributed by atoms with Gasteiger partial charge in [-0.1, -0.05) is 6.92 Å². The fraction of sp³-hybridized carbons (Fsp3) is 0.636. The van der Waals surface area contributed by atoms with Crippen LogP contribution in [0.2, 0.25) is 0 Å². The molecule has 1 unspecified atom stereocenters. The van der Waals surface area contributed by atoms with Gasteiger partial charge in [-0.25, -0.2) is 9.78 Å². The maximum Gasteiger partial charge on any atom is 0.347 e. The van der Waals surface area contributed by atoms with Gasteiger partial charge in [0.2, 0.25) is 0 Å². The quantitative estimate of drug-likeness (QED) is 0.862. The van der Waals surface area contributed by atoms with Crippen LogP contribution < -0.4 is 0 Å². The molecule has 1 atom stereocenters. The lowest BCUT2D eigenvalue weighted by Gasteiger charge is -2.31. The van der Waals surface area contributed by atoms with E-state index in [1.807, 2.05) is 0 Å². The molecule has 2 heterocycles. The van der Waals surface area contributed by atoms with E-state index in [1.54, 1.807) is 6.92 Å². The fourth-order valence-electron chi connectivity index (χ4n) is 1.96. The summed E-state index contributed by atoms with van der Waals surface area (Å²) < 4.78 is 5.47. The third kappa shape index (κ3) is 1.97. The molecule has 0 aliphatic carbocycles. The molecule has 0 bridgehead atoms. The van der Waals surface area contributed by atoms with Crippen molar-refractivity contribution in [3.8, 4) is 0 Å². The third-order valence-electron chi connectivity index (χ3n) is 2.95. The normalized spacial score (nSPS) is 25.6. The molecule has 1 saturated heterocycles. The molecule has 0 saturated carbocycles. The smallest absolute Gasteiger partial charge is 0.347 e. The molecule has 0 amide bonds. The Hall–Kier alpha value is -0.940. The Morgan fingerprint density at radius 1 is 1.62 bits per heavy atom. The summed E-state index contributed by atoms with van der Waals surface area (Å²) in [6.07, 6.45) is 2.02. The average Bonchev–Trinajstić information content (AvgIpc) is 2.62. The van der Waals surface area contributed by atoms with Crippen LogP contribution in [-0.4, -0.2) is 29.3 Å². The van der Waals surface area contributed by atoms with E-state index in [0.29, 0.717) is 17.2 Å². The number of rotatable bonds is 2. The van der Waals surface area contributed by atoms with Crippen molar-refractivity contribution in [2.45, 2.75) is 32.1 Å². The summed E-state index contributed by atoms with van der Waals surface area (Å²) in [5.41, 5.74) is 0.501. The van der Waals surface area contributed by atoms with E-state index in [2.05, 4.69) is 11.9 Å². The molecular weight excluding hydrogens is 226 g/mol. The van der Waals surface area contributed by atoms with Crippen LogP contribution in [0.15, 0.2) is 0 Å². The van der Waals surface area contributed by atoms with Crippen molar-refractivity contribution in [3.63, 3.8) is 0 Å². The van der Waals surface area contributed by atoms with Crippen LogP contribution >= 0.6 is 11.3 Å². The lowest BCUT2D eigenvalue weighted by atomic mass is 9.85. The number of nitrogens with zero attached hydrogens (tertiary/aromatic N) is 1. The Kier molecular flexibility index (Phi) is 2.99. The fourth-order valence-corrected chi connectivity index (χ4v) is 3.02. The number of aromatic nitrogens is 1. The van der Waals surface area contributed by atoms with Crippen LogP contribution in [0.5, 0.6) is 0 Å². The van der Waals surface area contributed by atoms with Gasteiger partial charge in [0, 0.05) is 12.0 Å². The number of carboxylic acid groups (broad SMARTS) is 1. The Bertz CT molecular complexity index is 407. The van der Waals surface area contributed by atoms with E-state index < -0.39 is 5.97 Å². The number of hydrogen-bond acceptors (Lipinski definition) is 4. The van der Waals surface area contributed by atoms with E-state index >= 15 is 0 Å². The first kappa shape index (κ1) is 11.5. The molecule has 88 valence electrons. The molecule has 0 aromatic carbocycles. The average molecular weight is 241 g/mol. The molecule has 0 radical (unpaired) electrons. The summed E-state index contributed by atoms with van der Waals surface area (Å²) >= 11 is 1.28.